The van der Waals surface area contributed by atoms with Crippen LogP contribution in [0.3, 0.4) is 0 Å². The third kappa shape index (κ3) is 8.82. The molecule has 0 aliphatic carbocycles. The van der Waals surface area contributed by atoms with Crippen molar-refractivity contribution < 1.29 is 43.0 Å². The zero-order valence-electron chi connectivity index (χ0n) is 1.92. The topological polar surface area (TPSA) is 0 Å². The minimum atomic E-state index is 0. The van der Waals surface area contributed by atoms with Crippen molar-refractivity contribution in [2.45, 2.75) is 0 Å². The van der Waals surface area contributed by atoms with Gasteiger partial charge in [-0.2, -0.15) is 0 Å². The molecule has 4 heavy (non-hydrogen) atoms. The summed E-state index contributed by atoms with van der Waals surface area (Å²) in [6.45, 7) is 0. The van der Waals surface area contributed by atoms with Gasteiger partial charge in [0, 0.05) is 83.0 Å². The summed E-state index contributed by atoms with van der Waals surface area (Å²) in [7, 11) is 0. The van der Waals surface area contributed by atoms with Gasteiger partial charge in [-0.15, -0.1) is 0 Å². The van der Waals surface area contributed by atoms with Crippen LogP contribution < -0.4 is 0 Å². The summed E-state index contributed by atoms with van der Waals surface area (Å²) in [6.07, 6.45) is 0. The van der Waals surface area contributed by atoms with Crippen LogP contribution in [0.1, 0.15) is 0 Å². The largest absolute Gasteiger partial charge is 0 e. The summed E-state index contributed by atoms with van der Waals surface area (Å²) in [5.41, 5.74) is 0. The predicted octanol–water partition coefficient (Wildman–Crippen LogP) is 0.460. The van der Waals surface area contributed by atoms with E-state index in [0.29, 0.717) is 0 Å². The van der Waals surface area contributed by atoms with Crippen LogP contribution in [0.5, 0.6) is 0 Å². The average molecular weight is 254 g/mol. The third-order valence-corrected chi connectivity index (χ3v) is 0. The van der Waals surface area contributed by atoms with Gasteiger partial charge in [0.1, 0.15) is 0 Å². The summed E-state index contributed by atoms with van der Waals surface area (Å²) in [5, 5.41) is 0. The number of hydrogen-bond acceptors (Lipinski definition) is 0. The summed E-state index contributed by atoms with van der Waals surface area (Å²) in [4.78, 5) is 0. The summed E-state index contributed by atoms with van der Waals surface area (Å²) in [6, 6.07) is 0. The van der Waals surface area contributed by atoms with Crippen molar-refractivity contribution >= 4 is 40.0 Å². The first-order valence-corrected chi connectivity index (χ1v) is 0. The van der Waals surface area contributed by atoms with Crippen LogP contribution in [0.15, 0.2) is 0 Å². The minimum Gasteiger partial charge on any atom is 0 e. The van der Waals surface area contributed by atoms with Crippen molar-refractivity contribution in [1.82, 2.24) is 0 Å². The fraction of sp³-hybridized carbons (Fsp3) is 0. The van der Waals surface area contributed by atoms with E-state index in [1.807, 2.05) is 0 Å². The normalized spacial score (nSPS) is 0. The van der Waals surface area contributed by atoms with E-state index in [4.69, 9.17) is 0 Å². The van der Waals surface area contributed by atoms with Crippen molar-refractivity contribution in [3.63, 3.8) is 0 Å². The van der Waals surface area contributed by atoms with E-state index in [1.165, 1.54) is 0 Å². The Morgan fingerprint density at radius 1 is 1.00 bits per heavy atom. The Morgan fingerprint density at radius 2 is 1.00 bits per heavy atom. The number of rotatable bonds is 0. The van der Waals surface area contributed by atoms with Crippen LogP contribution in [0.25, 0.3) is 0 Å². The van der Waals surface area contributed by atoms with Gasteiger partial charge in [-0.1, -0.05) is 0 Å². The van der Waals surface area contributed by atoms with E-state index in [0.717, 1.165) is 0 Å². The van der Waals surface area contributed by atoms with E-state index in [9.17, 15) is 0 Å². The van der Waals surface area contributed by atoms with Gasteiger partial charge in [-0.3, -0.25) is 0 Å². The molecule has 0 heterocycles. The Bertz CT molecular complexity index is 8.00. The van der Waals surface area contributed by atoms with Gasteiger partial charge in [0.05, 0.1) is 0 Å². The van der Waals surface area contributed by atoms with Crippen molar-refractivity contribution in [2.75, 3.05) is 0 Å². The van der Waals surface area contributed by atoms with Crippen LogP contribution in [-0.4, -0.2) is 23.1 Å². The second-order valence-corrected chi connectivity index (χ2v) is 0. The SMILES string of the molecule is [Br].[Co].[Mg].[Zr]. The van der Waals surface area contributed by atoms with Gasteiger partial charge in [0.15, 0.2) is 0 Å². The van der Waals surface area contributed by atoms with Gasteiger partial charge in [0.25, 0.3) is 0 Å². The maximum atomic E-state index is 0. The molecule has 0 fully saturated rings. The van der Waals surface area contributed by atoms with Crippen LogP contribution in [0.4, 0.5) is 0 Å². The van der Waals surface area contributed by atoms with E-state index in [1.54, 1.807) is 0 Å². The van der Waals surface area contributed by atoms with Crippen LogP contribution in [0.2, 0.25) is 0 Å². The first-order valence-electron chi connectivity index (χ1n) is 0. The monoisotopic (exact) mass is 252 g/mol. The molecule has 0 nitrogen and oxygen atoms in total. The van der Waals surface area contributed by atoms with Gasteiger partial charge < -0.3 is 0 Å². The van der Waals surface area contributed by atoms with Gasteiger partial charge in [0.2, 0.25) is 0 Å². The van der Waals surface area contributed by atoms with Crippen LogP contribution in [-0.2, 0) is 43.0 Å². The molecule has 0 unspecified atom stereocenters. The molecule has 4 heteroatoms. The van der Waals surface area contributed by atoms with Crippen LogP contribution in [0, 0.1) is 0 Å². The first kappa shape index (κ1) is 30.3. The van der Waals surface area contributed by atoms with E-state index in [-0.39, 0.29) is 83.0 Å². The zero-order valence-corrected chi connectivity index (χ0v) is 8.42. The molecule has 0 aromatic rings. The molecule has 0 bridgehead atoms. The smallest absolute Gasteiger partial charge is 0 e. The molecule has 0 aliphatic rings. The van der Waals surface area contributed by atoms with Gasteiger partial charge in [-0.25, -0.2) is 0 Å². The molecular weight excluding hydrogens is 254 g/mol. The maximum Gasteiger partial charge on any atom is 0 e. The fourth-order valence-electron chi connectivity index (χ4n) is 0. The molecule has 4 radical (unpaired) electrons. The number of halogens is 1. The van der Waals surface area contributed by atoms with E-state index in [2.05, 4.69) is 0 Å². The Morgan fingerprint density at radius 3 is 1.00 bits per heavy atom. The molecule has 22 valence electrons. The van der Waals surface area contributed by atoms with Gasteiger partial charge >= 0.3 is 0 Å². The molecule has 0 amide bonds. The van der Waals surface area contributed by atoms with E-state index >= 15 is 0 Å². The summed E-state index contributed by atoms with van der Waals surface area (Å²) < 4.78 is 0. The molecule has 0 aliphatic heterocycles. The quantitative estimate of drug-likeness (QED) is 0.551. The minimum absolute atomic E-state index is 0. The van der Waals surface area contributed by atoms with Crippen molar-refractivity contribution in [3.05, 3.63) is 0 Å². The van der Waals surface area contributed by atoms with Crippen LogP contribution >= 0.6 is 17.0 Å². The first-order chi connectivity index (χ1) is 0. The molecular formula is BrCoMgZr. The van der Waals surface area contributed by atoms with Gasteiger partial charge in [-0.05, 0) is 0 Å². The Balaban J connectivity index is 0. The molecule has 0 rings (SSSR count). The van der Waals surface area contributed by atoms with Crippen molar-refractivity contribution in [3.8, 4) is 0 Å². The fourth-order valence-corrected chi connectivity index (χ4v) is 0. The molecule has 0 aromatic carbocycles. The molecule has 0 N–H and O–H groups in total. The van der Waals surface area contributed by atoms with Crippen molar-refractivity contribution in [1.29, 1.82) is 0 Å². The predicted molar refractivity (Wildman–Crippen MR) is 14.7 cm³/mol. The molecule has 0 saturated heterocycles. The summed E-state index contributed by atoms with van der Waals surface area (Å²) in [5.74, 6) is 0. The Labute approximate surface area is 81.7 Å². The molecule has 0 atom stereocenters. The maximum absolute atomic E-state index is 0. The molecule has 0 saturated carbocycles. The third-order valence-electron chi connectivity index (χ3n) is 0. The van der Waals surface area contributed by atoms with Crippen molar-refractivity contribution in [2.24, 2.45) is 0 Å². The second kappa shape index (κ2) is 17.4. The summed E-state index contributed by atoms with van der Waals surface area (Å²) >= 11 is 0. The number of hydrogen-bond donors (Lipinski definition) is 0. The zero-order chi connectivity index (χ0) is 0. The molecule has 0 spiro atoms. The standard InChI is InChI=1S/Br.Co.Mg.Zr. The Hall–Kier alpha value is 2.64. The average Bonchev–Trinajstić information content (AvgIpc) is 0. The second-order valence-electron chi connectivity index (χ2n) is 0. The van der Waals surface area contributed by atoms with E-state index < -0.39 is 0 Å². The Kier molecular flexibility index (Phi) is 132. The molecule has 0 aromatic heterocycles.